The second-order valence-corrected chi connectivity index (χ2v) is 7.54. The lowest BCUT2D eigenvalue weighted by Gasteiger charge is -2.17. The molecule has 0 radical (unpaired) electrons. The van der Waals surface area contributed by atoms with Gasteiger partial charge in [-0.15, -0.1) is 0 Å². The van der Waals surface area contributed by atoms with Gasteiger partial charge >= 0.3 is 0 Å². The van der Waals surface area contributed by atoms with Crippen LogP contribution in [-0.2, 0) is 0 Å². The molecule has 0 amide bonds. The fourth-order valence-corrected chi connectivity index (χ4v) is 3.84. The molecule has 0 aliphatic rings. The summed E-state index contributed by atoms with van der Waals surface area (Å²) in [5.74, 6) is -1.76. The van der Waals surface area contributed by atoms with Gasteiger partial charge in [0.05, 0.1) is 22.6 Å². The lowest BCUT2D eigenvalue weighted by atomic mass is 9.93. The summed E-state index contributed by atoms with van der Waals surface area (Å²) in [6.45, 7) is 1.85. The van der Waals surface area contributed by atoms with Crippen LogP contribution in [0.1, 0.15) is 24.2 Å². The summed E-state index contributed by atoms with van der Waals surface area (Å²) in [5, 5.41) is 1.16. The molecule has 3 N–H and O–H groups in total. The molecule has 31 heavy (non-hydrogen) atoms. The van der Waals surface area contributed by atoms with Gasteiger partial charge in [-0.05, 0) is 29.8 Å². The number of nitrogens with one attached hydrogen (secondary N) is 1. The molecule has 0 spiro atoms. The van der Waals surface area contributed by atoms with Crippen molar-refractivity contribution < 1.29 is 8.78 Å². The number of nitrogens with zero attached hydrogens (tertiary/aromatic N) is 4. The van der Waals surface area contributed by atoms with Gasteiger partial charge in [-0.3, -0.25) is 0 Å². The molecule has 0 aliphatic carbocycles. The predicted molar refractivity (Wildman–Crippen MR) is 116 cm³/mol. The summed E-state index contributed by atoms with van der Waals surface area (Å²) in [6, 6.07) is 11.2. The molecule has 1 atom stereocenters. The van der Waals surface area contributed by atoms with Gasteiger partial charge < -0.3 is 10.7 Å². The van der Waals surface area contributed by atoms with Crippen molar-refractivity contribution in [3.8, 4) is 11.3 Å². The number of aromatic amines is 1. The Hall–Kier alpha value is -3.65. The number of nitrogen functional groups attached to an aromatic ring is 1. The van der Waals surface area contributed by atoms with Crippen LogP contribution < -0.4 is 5.73 Å². The van der Waals surface area contributed by atoms with Crippen molar-refractivity contribution in [2.24, 2.45) is 0 Å². The van der Waals surface area contributed by atoms with Crippen molar-refractivity contribution in [1.29, 1.82) is 0 Å². The average molecular weight is 437 g/mol. The van der Waals surface area contributed by atoms with E-state index in [0.29, 0.717) is 33.1 Å². The third-order valence-corrected chi connectivity index (χ3v) is 5.52. The van der Waals surface area contributed by atoms with Crippen LogP contribution in [0.5, 0.6) is 0 Å². The first-order valence-corrected chi connectivity index (χ1v) is 9.82. The molecule has 0 fully saturated rings. The maximum absolute atomic E-state index is 14.8. The first-order chi connectivity index (χ1) is 14.9. The number of anilines is 1. The monoisotopic (exact) mass is 436 g/mol. The van der Waals surface area contributed by atoms with Crippen LogP contribution in [0.4, 0.5) is 14.6 Å². The van der Waals surface area contributed by atoms with Gasteiger partial charge in [-0.2, -0.15) is 0 Å². The third-order valence-electron chi connectivity index (χ3n) is 5.22. The fraction of sp³-hybridized carbons (Fsp3) is 0.0909. The van der Waals surface area contributed by atoms with Gasteiger partial charge in [0.2, 0.25) is 0 Å². The minimum absolute atomic E-state index is 0.0255. The van der Waals surface area contributed by atoms with Gasteiger partial charge in [-0.25, -0.2) is 28.7 Å². The minimum Gasteiger partial charge on any atom is -0.382 e. The van der Waals surface area contributed by atoms with E-state index in [-0.39, 0.29) is 17.1 Å². The zero-order valence-electron chi connectivity index (χ0n) is 16.2. The van der Waals surface area contributed by atoms with Gasteiger partial charge in [0.15, 0.2) is 23.1 Å². The number of pyridine rings is 1. The van der Waals surface area contributed by atoms with E-state index in [2.05, 4.69) is 24.9 Å². The topological polar surface area (TPSA) is 93.4 Å². The Morgan fingerprint density at radius 1 is 1.06 bits per heavy atom. The first-order valence-electron chi connectivity index (χ1n) is 9.44. The van der Waals surface area contributed by atoms with Crippen molar-refractivity contribution >= 4 is 39.5 Å². The number of aromatic nitrogens is 5. The molecule has 5 rings (SSSR count). The highest BCUT2D eigenvalue weighted by Crippen LogP contribution is 2.36. The van der Waals surface area contributed by atoms with Crippen LogP contribution in [0.15, 0.2) is 48.8 Å². The zero-order chi connectivity index (χ0) is 21.7. The molecule has 0 aliphatic heterocycles. The Morgan fingerprint density at radius 3 is 2.71 bits per heavy atom. The molecule has 0 saturated heterocycles. The van der Waals surface area contributed by atoms with E-state index in [1.54, 1.807) is 12.1 Å². The Bertz CT molecular complexity index is 1470. The van der Waals surface area contributed by atoms with Crippen molar-refractivity contribution in [2.75, 3.05) is 5.73 Å². The van der Waals surface area contributed by atoms with E-state index < -0.39 is 17.6 Å². The van der Waals surface area contributed by atoms with E-state index in [9.17, 15) is 8.78 Å². The van der Waals surface area contributed by atoms with Crippen molar-refractivity contribution in [1.82, 2.24) is 24.9 Å². The largest absolute Gasteiger partial charge is 0.382 e. The summed E-state index contributed by atoms with van der Waals surface area (Å²) in [5.41, 5.74) is 8.39. The highest BCUT2D eigenvalue weighted by molar-refractivity contribution is 6.35. The number of imidazole rings is 1. The summed E-state index contributed by atoms with van der Waals surface area (Å²) in [4.78, 5) is 20.6. The molecular formula is C22H15ClF2N6. The van der Waals surface area contributed by atoms with Gasteiger partial charge in [-0.1, -0.05) is 36.7 Å². The Balaban J connectivity index is 1.79. The third kappa shape index (κ3) is 3.16. The summed E-state index contributed by atoms with van der Waals surface area (Å²) >= 11 is 6.33. The van der Waals surface area contributed by atoms with Crippen molar-refractivity contribution in [3.05, 3.63) is 76.8 Å². The lowest BCUT2D eigenvalue weighted by Crippen LogP contribution is -2.09. The molecule has 0 saturated carbocycles. The number of nitrogens with two attached hydrogens (primary N) is 1. The number of hydrogen-bond acceptors (Lipinski definition) is 5. The van der Waals surface area contributed by atoms with E-state index >= 15 is 0 Å². The standard InChI is InChI=1S/C22H15ClF2N6/c1-10(21-30-20(26)19-22(31-21)28-9-27-19)13-8-11-4-2-6-14(23)17(11)29-18(13)12-5-3-7-15(24)16(12)25/h2-10H,1H3,(H3,26,27,28,30,31)/t10-/m0/s1. The number of para-hydroxylation sites is 1. The molecule has 5 aromatic rings. The Morgan fingerprint density at radius 2 is 1.87 bits per heavy atom. The van der Waals surface area contributed by atoms with E-state index in [0.717, 1.165) is 11.5 Å². The van der Waals surface area contributed by atoms with Gasteiger partial charge in [0.1, 0.15) is 11.3 Å². The minimum atomic E-state index is -0.988. The SMILES string of the molecule is C[C@H](c1nc(N)c2[nH]cnc2n1)c1cc2cccc(Cl)c2nc1-c1cccc(F)c1F. The van der Waals surface area contributed by atoms with Crippen molar-refractivity contribution in [2.45, 2.75) is 12.8 Å². The predicted octanol–water partition coefficient (Wildman–Crippen LogP) is 5.23. The van der Waals surface area contributed by atoms with Gasteiger partial charge in [0.25, 0.3) is 0 Å². The first kappa shape index (κ1) is 19.3. The molecule has 6 nitrogen and oxygen atoms in total. The van der Waals surface area contributed by atoms with E-state index in [1.807, 2.05) is 19.1 Å². The maximum atomic E-state index is 14.8. The highest BCUT2D eigenvalue weighted by atomic mass is 35.5. The zero-order valence-corrected chi connectivity index (χ0v) is 17.0. The van der Waals surface area contributed by atoms with Crippen LogP contribution in [-0.4, -0.2) is 24.9 Å². The van der Waals surface area contributed by atoms with Crippen LogP contribution in [0.3, 0.4) is 0 Å². The summed E-state index contributed by atoms with van der Waals surface area (Å²) < 4.78 is 28.8. The van der Waals surface area contributed by atoms with E-state index in [1.165, 1.54) is 18.5 Å². The number of H-pyrrole nitrogens is 1. The lowest BCUT2D eigenvalue weighted by molar-refractivity contribution is 0.511. The second-order valence-electron chi connectivity index (χ2n) is 7.13. The van der Waals surface area contributed by atoms with Crippen LogP contribution >= 0.6 is 11.6 Å². The second kappa shape index (κ2) is 7.24. The maximum Gasteiger partial charge on any atom is 0.183 e. The highest BCUT2D eigenvalue weighted by Gasteiger charge is 2.23. The number of rotatable bonds is 3. The van der Waals surface area contributed by atoms with Crippen LogP contribution in [0, 0.1) is 11.6 Å². The molecule has 0 bridgehead atoms. The molecule has 3 heterocycles. The van der Waals surface area contributed by atoms with Crippen LogP contribution in [0.2, 0.25) is 5.02 Å². The average Bonchev–Trinajstić information content (AvgIpc) is 3.24. The molecule has 154 valence electrons. The fourth-order valence-electron chi connectivity index (χ4n) is 3.62. The Kier molecular flexibility index (Phi) is 4.51. The number of benzene rings is 2. The molecule has 3 aromatic heterocycles. The van der Waals surface area contributed by atoms with Crippen molar-refractivity contribution in [3.63, 3.8) is 0 Å². The van der Waals surface area contributed by atoms with Crippen LogP contribution in [0.25, 0.3) is 33.3 Å². The normalized spacial score (nSPS) is 12.5. The van der Waals surface area contributed by atoms with Gasteiger partial charge in [0, 0.05) is 16.9 Å². The smallest absolute Gasteiger partial charge is 0.183 e. The Labute approximate surface area is 180 Å². The number of fused-ring (bicyclic) bond motifs is 2. The molecular weight excluding hydrogens is 422 g/mol. The summed E-state index contributed by atoms with van der Waals surface area (Å²) in [6.07, 6.45) is 1.48. The number of halogens is 3. The summed E-state index contributed by atoms with van der Waals surface area (Å²) in [7, 11) is 0. The molecule has 0 unspecified atom stereocenters. The van der Waals surface area contributed by atoms with E-state index in [4.69, 9.17) is 17.3 Å². The molecule has 2 aromatic carbocycles. The quantitative estimate of drug-likeness (QED) is 0.403. The molecule has 9 heteroatoms. The number of hydrogen-bond donors (Lipinski definition) is 2.